The maximum Gasteiger partial charge on any atom is 0.229 e. The first kappa shape index (κ1) is 17.3. The summed E-state index contributed by atoms with van der Waals surface area (Å²) in [6, 6.07) is 16.7. The zero-order chi connectivity index (χ0) is 18.6. The van der Waals surface area contributed by atoms with Gasteiger partial charge in [-0.2, -0.15) is 4.98 Å². The van der Waals surface area contributed by atoms with Crippen molar-refractivity contribution < 1.29 is 0 Å². The van der Waals surface area contributed by atoms with E-state index in [0.717, 1.165) is 30.3 Å². The number of anilines is 5. The lowest BCUT2D eigenvalue weighted by Gasteiger charge is -2.17. The fourth-order valence-electron chi connectivity index (χ4n) is 3.32. The quantitative estimate of drug-likeness (QED) is 0.657. The largest absolute Gasteiger partial charge is 0.372 e. The molecule has 3 aromatic rings. The number of nitrogens with one attached hydrogen (secondary N) is 2. The highest BCUT2D eigenvalue weighted by atomic mass is 15.2. The molecule has 0 aliphatic carbocycles. The number of aromatic nitrogens is 2. The normalized spacial score (nSPS) is 13.6. The maximum atomic E-state index is 4.57. The standard InChI is InChI=1S/C22H25N5/c1-16-5-6-19(15-17(16)2)24-21-11-12-23-22(26-21)25-18-7-9-20(10-8-18)27-13-3-4-14-27/h5-12,15H,3-4,13-14H2,1-2H3,(H2,23,24,25,26). The molecule has 1 aliphatic rings. The van der Waals surface area contributed by atoms with Crippen LogP contribution in [0.2, 0.25) is 0 Å². The van der Waals surface area contributed by atoms with Crippen molar-refractivity contribution in [1.82, 2.24) is 9.97 Å². The molecule has 4 rings (SSSR count). The first-order valence-corrected chi connectivity index (χ1v) is 9.47. The smallest absolute Gasteiger partial charge is 0.229 e. The predicted octanol–water partition coefficient (Wildman–Crippen LogP) is 5.18. The third kappa shape index (κ3) is 4.19. The van der Waals surface area contributed by atoms with Crippen molar-refractivity contribution in [2.45, 2.75) is 26.7 Å². The Kier molecular flexibility index (Phi) is 4.92. The Hall–Kier alpha value is -3.08. The van der Waals surface area contributed by atoms with Gasteiger partial charge < -0.3 is 15.5 Å². The lowest BCUT2D eigenvalue weighted by atomic mass is 10.1. The summed E-state index contributed by atoms with van der Waals surface area (Å²) in [4.78, 5) is 11.3. The number of rotatable bonds is 5. The first-order chi connectivity index (χ1) is 13.2. The molecule has 5 heteroatoms. The number of hydrogen-bond acceptors (Lipinski definition) is 5. The molecular weight excluding hydrogens is 334 g/mol. The summed E-state index contributed by atoms with van der Waals surface area (Å²) < 4.78 is 0. The van der Waals surface area contributed by atoms with Crippen LogP contribution in [0.25, 0.3) is 0 Å². The second-order valence-corrected chi connectivity index (χ2v) is 7.06. The highest BCUT2D eigenvalue weighted by Crippen LogP contribution is 2.24. The van der Waals surface area contributed by atoms with Crippen LogP contribution >= 0.6 is 0 Å². The third-order valence-electron chi connectivity index (χ3n) is 5.03. The second-order valence-electron chi connectivity index (χ2n) is 7.06. The van der Waals surface area contributed by atoms with Crippen LogP contribution in [0.1, 0.15) is 24.0 Å². The molecule has 2 N–H and O–H groups in total. The zero-order valence-electron chi connectivity index (χ0n) is 15.9. The van der Waals surface area contributed by atoms with Crippen LogP contribution in [0.4, 0.5) is 28.8 Å². The summed E-state index contributed by atoms with van der Waals surface area (Å²) in [6.07, 6.45) is 4.33. The molecule has 27 heavy (non-hydrogen) atoms. The van der Waals surface area contributed by atoms with Crippen LogP contribution in [0.15, 0.2) is 54.7 Å². The molecule has 0 amide bonds. The molecule has 138 valence electrons. The minimum atomic E-state index is 0.581. The summed E-state index contributed by atoms with van der Waals surface area (Å²) in [5, 5.41) is 6.63. The molecule has 0 spiro atoms. The fraction of sp³-hybridized carbons (Fsp3) is 0.273. The van der Waals surface area contributed by atoms with E-state index < -0.39 is 0 Å². The van der Waals surface area contributed by atoms with Gasteiger partial charge in [0, 0.05) is 36.3 Å². The highest BCUT2D eigenvalue weighted by molar-refractivity contribution is 5.62. The molecule has 1 fully saturated rings. The fourth-order valence-corrected chi connectivity index (χ4v) is 3.32. The number of nitrogens with zero attached hydrogens (tertiary/aromatic N) is 3. The lowest BCUT2D eigenvalue weighted by molar-refractivity contribution is 0.949. The van der Waals surface area contributed by atoms with Gasteiger partial charge in [0.2, 0.25) is 5.95 Å². The molecule has 1 aliphatic heterocycles. The van der Waals surface area contributed by atoms with Gasteiger partial charge >= 0.3 is 0 Å². The van der Waals surface area contributed by atoms with Crippen LogP contribution in [-0.2, 0) is 0 Å². The summed E-state index contributed by atoms with van der Waals surface area (Å²) >= 11 is 0. The van der Waals surface area contributed by atoms with Gasteiger partial charge in [0.1, 0.15) is 5.82 Å². The van der Waals surface area contributed by atoms with Gasteiger partial charge in [-0.3, -0.25) is 0 Å². The van der Waals surface area contributed by atoms with Crippen molar-refractivity contribution >= 4 is 28.8 Å². The van der Waals surface area contributed by atoms with Crippen molar-refractivity contribution in [2.75, 3.05) is 28.6 Å². The molecule has 5 nitrogen and oxygen atoms in total. The minimum Gasteiger partial charge on any atom is -0.372 e. The van der Waals surface area contributed by atoms with Crippen molar-refractivity contribution in [3.63, 3.8) is 0 Å². The summed E-state index contributed by atoms with van der Waals surface area (Å²) in [5.74, 6) is 1.35. The minimum absolute atomic E-state index is 0.581. The van der Waals surface area contributed by atoms with E-state index in [9.17, 15) is 0 Å². The van der Waals surface area contributed by atoms with Crippen LogP contribution in [0.5, 0.6) is 0 Å². The van der Waals surface area contributed by atoms with Crippen LogP contribution in [0.3, 0.4) is 0 Å². The summed E-state index contributed by atoms with van der Waals surface area (Å²) in [5.41, 5.74) is 5.83. The number of hydrogen-bond donors (Lipinski definition) is 2. The van der Waals surface area contributed by atoms with E-state index in [1.807, 2.05) is 6.07 Å². The molecule has 0 saturated carbocycles. The second kappa shape index (κ2) is 7.66. The van der Waals surface area contributed by atoms with E-state index in [1.165, 1.54) is 29.7 Å². The van der Waals surface area contributed by atoms with Gasteiger partial charge in [0.25, 0.3) is 0 Å². The number of aryl methyl sites for hydroxylation is 2. The SMILES string of the molecule is Cc1ccc(Nc2ccnc(Nc3ccc(N4CCCC4)cc3)n2)cc1C. The van der Waals surface area contributed by atoms with Crippen molar-refractivity contribution in [3.05, 3.63) is 65.9 Å². The molecule has 2 heterocycles. The number of benzene rings is 2. The van der Waals surface area contributed by atoms with Crippen molar-refractivity contribution in [1.29, 1.82) is 0 Å². The van der Waals surface area contributed by atoms with Gasteiger partial charge in [-0.25, -0.2) is 4.98 Å². The third-order valence-corrected chi connectivity index (χ3v) is 5.03. The van der Waals surface area contributed by atoms with E-state index in [0.29, 0.717) is 5.95 Å². The molecular formula is C22H25N5. The van der Waals surface area contributed by atoms with Crippen LogP contribution in [-0.4, -0.2) is 23.1 Å². The monoisotopic (exact) mass is 359 g/mol. The molecule has 0 atom stereocenters. The van der Waals surface area contributed by atoms with Gasteiger partial charge in [0.15, 0.2) is 0 Å². The van der Waals surface area contributed by atoms with Gasteiger partial charge in [-0.15, -0.1) is 0 Å². The van der Waals surface area contributed by atoms with Crippen LogP contribution in [0, 0.1) is 13.8 Å². The predicted molar refractivity (Wildman–Crippen MR) is 112 cm³/mol. The zero-order valence-corrected chi connectivity index (χ0v) is 15.9. The van der Waals surface area contributed by atoms with Crippen molar-refractivity contribution in [2.24, 2.45) is 0 Å². The summed E-state index contributed by atoms with van der Waals surface area (Å²) in [7, 11) is 0. The Morgan fingerprint density at radius 1 is 0.815 bits per heavy atom. The Bertz CT molecular complexity index is 914. The molecule has 2 aromatic carbocycles. The molecule has 0 radical (unpaired) electrons. The molecule has 0 bridgehead atoms. The maximum absolute atomic E-state index is 4.57. The van der Waals surface area contributed by atoms with E-state index in [1.54, 1.807) is 6.20 Å². The average molecular weight is 359 g/mol. The molecule has 1 saturated heterocycles. The van der Waals surface area contributed by atoms with E-state index in [4.69, 9.17) is 0 Å². The van der Waals surface area contributed by atoms with Gasteiger partial charge in [-0.1, -0.05) is 6.07 Å². The molecule has 1 aromatic heterocycles. The van der Waals surface area contributed by atoms with E-state index in [2.05, 4.69) is 81.8 Å². The first-order valence-electron chi connectivity index (χ1n) is 9.47. The average Bonchev–Trinajstić information content (AvgIpc) is 3.21. The Morgan fingerprint density at radius 2 is 1.56 bits per heavy atom. The van der Waals surface area contributed by atoms with E-state index in [-0.39, 0.29) is 0 Å². The van der Waals surface area contributed by atoms with Crippen molar-refractivity contribution in [3.8, 4) is 0 Å². The Labute approximate surface area is 160 Å². The highest BCUT2D eigenvalue weighted by Gasteiger charge is 2.11. The topological polar surface area (TPSA) is 53.1 Å². The van der Waals surface area contributed by atoms with Gasteiger partial charge in [-0.05, 0) is 80.3 Å². The Morgan fingerprint density at radius 3 is 2.30 bits per heavy atom. The van der Waals surface area contributed by atoms with Crippen LogP contribution < -0.4 is 15.5 Å². The Balaban J connectivity index is 1.45. The lowest BCUT2D eigenvalue weighted by Crippen LogP contribution is -2.17. The van der Waals surface area contributed by atoms with E-state index >= 15 is 0 Å². The van der Waals surface area contributed by atoms with Gasteiger partial charge in [0.05, 0.1) is 0 Å². The molecule has 0 unspecified atom stereocenters. The summed E-state index contributed by atoms with van der Waals surface area (Å²) in [6.45, 7) is 6.53.